The largest absolute Gasteiger partial charge is 0.497 e. The predicted molar refractivity (Wildman–Crippen MR) is 165 cm³/mol. The standard InChI is InChI=1S/C34H38N6O2/c1-42-29-16-13-26(14-17-29)22-40-33(18-15-25-8-3-2-4-9-25)37-38-34(40)32(39-19-7-10-28(23-39)36-24-41)20-27-21-35-31-12-6-5-11-30(27)31/h2-6,8-9,11-14,16-17,21,24,28,32,35H,7,10,15,18-20,22-23H2,1H3,(H,36,41)/t28-,32+/m0/s1. The first-order valence-corrected chi connectivity index (χ1v) is 14.8. The number of hydrogen-bond acceptors (Lipinski definition) is 5. The molecular weight excluding hydrogens is 524 g/mol. The number of nitrogens with one attached hydrogen (secondary N) is 2. The minimum Gasteiger partial charge on any atom is -0.497 e. The second-order valence-corrected chi connectivity index (χ2v) is 11.1. The molecule has 0 spiro atoms. The van der Waals surface area contributed by atoms with Crippen molar-refractivity contribution in [2.75, 3.05) is 20.2 Å². The Morgan fingerprint density at radius 2 is 1.81 bits per heavy atom. The Kier molecular flexibility index (Phi) is 8.61. The second-order valence-electron chi connectivity index (χ2n) is 11.1. The van der Waals surface area contributed by atoms with Crippen molar-refractivity contribution < 1.29 is 9.53 Å². The molecule has 8 heteroatoms. The average Bonchev–Trinajstić information content (AvgIpc) is 3.63. The number of fused-ring (bicyclic) bond motifs is 1. The van der Waals surface area contributed by atoms with Crippen molar-refractivity contribution in [3.63, 3.8) is 0 Å². The number of likely N-dealkylation sites (tertiary alicyclic amines) is 1. The summed E-state index contributed by atoms with van der Waals surface area (Å²) in [5.74, 6) is 2.78. The van der Waals surface area contributed by atoms with Crippen molar-refractivity contribution in [1.82, 2.24) is 30.0 Å². The lowest BCUT2D eigenvalue weighted by molar-refractivity contribution is -0.110. The first kappa shape index (κ1) is 27.7. The molecule has 8 nitrogen and oxygen atoms in total. The summed E-state index contributed by atoms with van der Waals surface area (Å²) in [6.07, 6.45) is 7.43. The molecule has 6 rings (SSSR count). The molecule has 2 aromatic heterocycles. The van der Waals surface area contributed by atoms with Crippen molar-refractivity contribution in [2.24, 2.45) is 0 Å². The normalized spacial score (nSPS) is 16.4. The van der Waals surface area contributed by atoms with E-state index in [-0.39, 0.29) is 12.1 Å². The van der Waals surface area contributed by atoms with Gasteiger partial charge in [0.2, 0.25) is 6.41 Å². The molecule has 2 N–H and O–H groups in total. The lowest BCUT2D eigenvalue weighted by atomic mass is 9.98. The summed E-state index contributed by atoms with van der Waals surface area (Å²) in [6.45, 7) is 2.39. The Hall–Kier alpha value is -4.43. The number of methoxy groups -OCH3 is 1. The molecule has 5 aromatic rings. The number of aryl methyl sites for hydroxylation is 2. The van der Waals surface area contributed by atoms with Crippen LogP contribution in [-0.4, -0.2) is 57.3 Å². The number of hydrogen-bond donors (Lipinski definition) is 2. The summed E-state index contributed by atoms with van der Waals surface area (Å²) in [6, 6.07) is 27.4. The van der Waals surface area contributed by atoms with Gasteiger partial charge < -0.3 is 19.6 Å². The number of piperidine rings is 1. The molecule has 42 heavy (non-hydrogen) atoms. The molecule has 2 atom stereocenters. The quantitative estimate of drug-likeness (QED) is 0.207. The van der Waals surface area contributed by atoms with Crippen LogP contribution in [-0.2, 0) is 30.6 Å². The topological polar surface area (TPSA) is 88.1 Å². The third kappa shape index (κ3) is 6.24. The van der Waals surface area contributed by atoms with Crippen LogP contribution in [0.3, 0.4) is 0 Å². The van der Waals surface area contributed by atoms with E-state index in [9.17, 15) is 4.79 Å². The van der Waals surface area contributed by atoms with Crippen molar-refractivity contribution in [2.45, 2.75) is 50.7 Å². The number of ether oxygens (including phenoxy) is 1. The molecule has 1 fully saturated rings. The second kappa shape index (κ2) is 13.0. The number of benzene rings is 3. The van der Waals surface area contributed by atoms with Gasteiger partial charge >= 0.3 is 0 Å². The summed E-state index contributed by atoms with van der Waals surface area (Å²) in [7, 11) is 1.69. The zero-order valence-electron chi connectivity index (χ0n) is 24.1. The number of H-pyrrole nitrogens is 1. The third-order valence-corrected chi connectivity index (χ3v) is 8.42. The molecule has 216 valence electrons. The lowest BCUT2D eigenvalue weighted by Gasteiger charge is -2.38. The SMILES string of the molecule is COc1ccc(Cn2c(CCc3ccccc3)nnc2[C@@H](Cc2c[nH]c3ccccc23)N2CCC[C@H](NC=O)C2)cc1. The van der Waals surface area contributed by atoms with E-state index in [2.05, 4.69) is 92.7 Å². The van der Waals surface area contributed by atoms with Gasteiger partial charge in [0.25, 0.3) is 0 Å². The molecule has 1 saturated heterocycles. The summed E-state index contributed by atoms with van der Waals surface area (Å²) in [5.41, 5.74) is 4.84. The Bertz CT molecular complexity index is 1590. The number of para-hydroxylation sites is 1. The van der Waals surface area contributed by atoms with Crippen LogP contribution in [0.15, 0.2) is 85.1 Å². The maximum Gasteiger partial charge on any atom is 0.207 e. The van der Waals surface area contributed by atoms with E-state index in [1.807, 2.05) is 12.1 Å². The van der Waals surface area contributed by atoms with E-state index in [0.717, 1.165) is 74.5 Å². The van der Waals surface area contributed by atoms with Gasteiger partial charge in [-0.25, -0.2) is 0 Å². The highest BCUT2D eigenvalue weighted by Gasteiger charge is 2.32. The van der Waals surface area contributed by atoms with Crippen LogP contribution in [0.5, 0.6) is 5.75 Å². The molecule has 0 saturated carbocycles. The number of rotatable bonds is 12. The fourth-order valence-corrected chi connectivity index (χ4v) is 6.18. The lowest BCUT2D eigenvalue weighted by Crippen LogP contribution is -2.47. The Balaban J connectivity index is 1.39. The minimum atomic E-state index is -0.00307. The Morgan fingerprint density at radius 1 is 1.00 bits per heavy atom. The van der Waals surface area contributed by atoms with Crippen LogP contribution in [0.1, 0.15) is 47.2 Å². The van der Waals surface area contributed by atoms with Crippen LogP contribution in [0.4, 0.5) is 0 Å². The molecule has 3 aromatic carbocycles. The minimum absolute atomic E-state index is 0.00307. The van der Waals surface area contributed by atoms with Crippen LogP contribution >= 0.6 is 0 Å². The van der Waals surface area contributed by atoms with Crippen molar-refractivity contribution >= 4 is 17.3 Å². The maximum absolute atomic E-state index is 11.3. The Labute approximate surface area is 246 Å². The van der Waals surface area contributed by atoms with E-state index in [1.165, 1.54) is 22.1 Å². The number of aromatic amines is 1. The van der Waals surface area contributed by atoms with Gasteiger partial charge in [-0.05, 0) is 67.1 Å². The van der Waals surface area contributed by atoms with Gasteiger partial charge in [0.05, 0.1) is 19.7 Å². The number of amides is 1. The van der Waals surface area contributed by atoms with E-state index in [0.29, 0.717) is 6.54 Å². The molecule has 0 radical (unpaired) electrons. The number of carbonyl (C=O) groups excluding carboxylic acids is 1. The monoisotopic (exact) mass is 562 g/mol. The fraction of sp³-hybridized carbons (Fsp3) is 0.324. The van der Waals surface area contributed by atoms with Crippen LogP contribution in [0, 0.1) is 0 Å². The van der Waals surface area contributed by atoms with Gasteiger partial charge in [-0.15, -0.1) is 10.2 Å². The predicted octanol–water partition coefficient (Wildman–Crippen LogP) is 5.10. The van der Waals surface area contributed by atoms with Crippen LogP contribution in [0.2, 0.25) is 0 Å². The molecule has 1 aliphatic rings. The average molecular weight is 563 g/mol. The molecule has 1 aliphatic heterocycles. The molecule has 0 bridgehead atoms. The van der Waals surface area contributed by atoms with Gasteiger partial charge in [0.1, 0.15) is 11.6 Å². The van der Waals surface area contributed by atoms with Gasteiger partial charge in [-0.1, -0.05) is 60.7 Å². The van der Waals surface area contributed by atoms with E-state index < -0.39 is 0 Å². The Morgan fingerprint density at radius 3 is 2.62 bits per heavy atom. The van der Waals surface area contributed by atoms with E-state index in [1.54, 1.807) is 7.11 Å². The number of nitrogens with zero attached hydrogens (tertiary/aromatic N) is 4. The van der Waals surface area contributed by atoms with Crippen LogP contribution in [0.25, 0.3) is 10.9 Å². The van der Waals surface area contributed by atoms with E-state index >= 15 is 0 Å². The number of aromatic nitrogens is 4. The first-order valence-electron chi connectivity index (χ1n) is 14.8. The highest BCUT2D eigenvalue weighted by Crippen LogP contribution is 2.31. The van der Waals surface area contributed by atoms with Gasteiger partial charge in [-0.3, -0.25) is 9.69 Å². The summed E-state index contributed by atoms with van der Waals surface area (Å²) >= 11 is 0. The van der Waals surface area contributed by atoms with Crippen molar-refractivity contribution in [3.05, 3.63) is 113 Å². The maximum atomic E-state index is 11.3. The third-order valence-electron chi connectivity index (χ3n) is 8.42. The zero-order valence-corrected chi connectivity index (χ0v) is 24.1. The fourth-order valence-electron chi connectivity index (χ4n) is 6.18. The van der Waals surface area contributed by atoms with Gasteiger partial charge in [0.15, 0.2) is 5.82 Å². The molecule has 0 unspecified atom stereocenters. The molecule has 1 amide bonds. The molecule has 3 heterocycles. The van der Waals surface area contributed by atoms with Gasteiger partial charge in [-0.2, -0.15) is 0 Å². The smallest absolute Gasteiger partial charge is 0.207 e. The highest BCUT2D eigenvalue weighted by molar-refractivity contribution is 5.83. The van der Waals surface area contributed by atoms with Crippen LogP contribution < -0.4 is 10.1 Å². The van der Waals surface area contributed by atoms with E-state index in [4.69, 9.17) is 14.9 Å². The molecular formula is C34H38N6O2. The zero-order chi connectivity index (χ0) is 28.7. The summed E-state index contributed by atoms with van der Waals surface area (Å²) < 4.78 is 7.73. The van der Waals surface area contributed by atoms with Crippen molar-refractivity contribution in [3.8, 4) is 5.75 Å². The van der Waals surface area contributed by atoms with Gasteiger partial charge in [0, 0.05) is 36.1 Å². The molecule has 0 aliphatic carbocycles. The van der Waals surface area contributed by atoms with Crippen molar-refractivity contribution in [1.29, 1.82) is 0 Å². The summed E-state index contributed by atoms with van der Waals surface area (Å²) in [5, 5.41) is 14.0. The highest BCUT2D eigenvalue weighted by atomic mass is 16.5. The first-order chi connectivity index (χ1) is 20.7. The summed E-state index contributed by atoms with van der Waals surface area (Å²) in [4.78, 5) is 17.3. The number of carbonyl (C=O) groups is 1.